The summed E-state index contributed by atoms with van der Waals surface area (Å²) in [6, 6.07) is 9.30. The van der Waals surface area contributed by atoms with Crippen LogP contribution in [0.1, 0.15) is 49.0 Å². The van der Waals surface area contributed by atoms with Crippen molar-refractivity contribution in [3.05, 3.63) is 35.4 Å². The van der Waals surface area contributed by atoms with Crippen molar-refractivity contribution in [1.82, 2.24) is 10.2 Å². The second-order valence-corrected chi connectivity index (χ2v) is 6.31. The number of rotatable bonds is 5. The average molecular weight is 299 g/mol. The van der Waals surface area contributed by atoms with Crippen molar-refractivity contribution < 1.29 is 4.79 Å². The summed E-state index contributed by atoms with van der Waals surface area (Å²) in [6.45, 7) is 7.34. The molecule has 1 heterocycles. The third kappa shape index (κ3) is 4.32. The van der Waals surface area contributed by atoms with Crippen LogP contribution < -0.4 is 5.32 Å². The molecule has 1 fully saturated rings. The summed E-state index contributed by atoms with van der Waals surface area (Å²) in [5, 5.41) is 12.0. The number of likely N-dealkylation sites (tertiary alicyclic amines) is 1. The van der Waals surface area contributed by atoms with E-state index < -0.39 is 0 Å². The predicted octanol–water partition coefficient (Wildman–Crippen LogP) is 2.80. The highest BCUT2D eigenvalue weighted by Crippen LogP contribution is 2.17. The topological polar surface area (TPSA) is 56.1 Å². The summed E-state index contributed by atoms with van der Waals surface area (Å²) in [4.78, 5) is 14.8. The normalized spacial score (nSPS) is 17.0. The molecule has 0 bridgehead atoms. The Kier molecular flexibility index (Phi) is 5.97. The van der Waals surface area contributed by atoms with Gasteiger partial charge in [0.2, 0.25) is 0 Å². The molecule has 1 N–H and O–H groups in total. The Labute approximate surface area is 133 Å². The van der Waals surface area contributed by atoms with Crippen molar-refractivity contribution in [3.8, 4) is 6.07 Å². The molecule has 1 amide bonds. The van der Waals surface area contributed by atoms with E-state index in [-0.39, 0.29) is 5.91 Å². The lowest BCUT2D eigenvalue weighted by Crippen LogP contribution is -2.48. The van der Waals surface area contributed by atoms with Crippen LogP contribution in [0, 0.1) is 17.2 Å². The first-order chi connectivity index (χ1) is 10.6. The Balaban J connectivity index is 1.96. The van der Waals surface area contributed by atoms with Crippen molar-refractivity contribution in [2.75, 3.05) is 19.6 Å². The van der Waals surface area contributed by atoms with Crippen LogP contribution >= 0.6 is 0 Å². The SMILES string of the molecule is CC(C)C(CNC(=O)c1cccc(C#N)c1)N1CCCCC1. The van der Waals surface area contributed by atoms with Crippen LogP contribution in [-0.4, -0.2) is 36.5 Å². The molecule has 4 heteroatoms. The van der Waals surface area contributed by atoms with Crippen LogP contribution in [0.15, 0.2) is 24.3 Å². The first-order valence-corrected chi connectivity index (χ1v) is 8.14. The lowest BCUT2D eigenvalue weighted by Gasteiger charge is -2.37. The van der Waals surface area contributed by atoms with Gasteiger partial charge in [-0.3, -0.25) is 9.69 Å². The molecule has 22 heavy (non-hydrogen) atoms. The van der Waals surface area contributed by atoms with E-state index in [1.807, 2.05) is 0 Å². The van der Waals surface area contributed by atoms with Gasteiger partial charge in [0.05, 0.1) is 11.6 Å². The van der Waals surface area contributed by atoms with Gasteiger partial charge in [-0.15, -0.1) is 0 Å². The van der Waals surface area contributed by atoms with Gasteiger partial charge in [0.15, 0.2) is 0 Å². The third-order valence-electron chi connectivity index (χ3n) is 4.35. The molecule has 0 aromatic heterocycles. The van der Waals surface area contributed by atoms with Gasteiger partial charge in [0.1, 0.15) is 0 Å². The summed E-state index contributed by atoms with van der Waals surface area (Å²) in [5.41, 5.74) is 1.07. The average Bonchev–Trinajstić information content (AvgIpc) is 2.55. The van der Waals surface area contributed by atoms with Gasteiger partial charge in [0.25, 0.3) is 5.91 Å². The number of piperidine rings is 1. The fourth-order valence-electron chi connectivity index (χ4n) is 3.07. The molecule has 1 unspecified atom stereocenters. The van der Waals surface area contributed by atoms with Crippen molar-refractivity contribution in [2.45, 2.75) is 39.2 Å². The van der Waals surface area contributed by atoms with Crippen LogP contribution in [0.3, 0.4) is 0 Å². The summed E-state index contributed by atoms with van der Waals surface area (Å²) < 4.78 is 0. The van der Waals surface area contributed by atoms with Gasteiger partial charge in [0, 0.05) is 18.2 Å². The third-order valence-corrected chi connectivity index (χ3v) is 4.35. The van der Waals surface area contributed by atoms with E-state index in [0.717, 1.165) is 13.1 Å². The number of nitrogens with zero attached hydrogens (tertiary/aromatic N) is 2. The summed E-state index contributed by atoms with van der Waals surface area (Å²) in [5.74, 6) is 0.406. The van der Waals surface area contributed by atoms with Gasteiger partial charge in [-0.25, -0.2) is 0 Å². The second-order valence-electron chi connectivity index (χ2n) is 6.31. The van der Waals surface area contributed by atoms with Crippen LogP contribution in [0.25, 0.3) is 0 Å². The zero-order valence-corrected chi connectivity index (χ0v) is 13.5. The largest absolute Gasteiger partial charge is 0.350 e. The summed E-state index contributed by atoms with van der Waals surface area (Å²) in [7, 11) is 0. The van der Waals surface area contributed by atoms with Gasteiger partial charge in [-0.1, -0.05) is 26.3 Å². The van der Waals surface area contributed by atoms with E-state index in [1.54, 1.807) is 24.3 Å². The number of benzene rings is 1. The quantitative estimate of drug-likeness (QED) is 0.909. The Morgan fingerprint density at radius 2 is 2.05 bits per heavy atom. The Bertz CT molecular complexity index is 542. The highest BCUT2D eigenvalue weighted by Gasteiger charge is 2.24. The summed E-state index contributed by atoms with van der Waals surface area (Å²) in [6.07, 6.45) is 3.82. The number of carbonyl (C=O) groups excluding carboxylic acids is 1. The first-order valence-electron chi connectivity index (χ1n) is 8.14. The van der Waals surface area contributed by atoms with E-state index in [1.165, 1.54) is 19.3 Å². The minimum absolute atomic E-state index is 0.0974. The van der Waals surface area contributed by atoms with Crippen molar-refractivity contribution >= 4 is 5.91 Å². The van der Waals surface area contributed by atoms with E-state index >= 15 is 0 Å². The molecule has 1 aromatic rings. The number of nitrogens with one attached hydrogen (secondary N) is 1. The van der Waals surface area contributed by atoms with Gasteiger partial charge in [-0.05, 0) is 50.0 Å². The predicted molar refractivity (Wildman–Crippen MR) is 87.5 cm³/mol. The molecule has 4 nitrogen and oxygen atoms in total. The van der Waals surface area contributed by atoms with E-state index in [9.17, 15) is 4.79 Å². The van der Waals surface area contributed by atoms with E-state index in [0.29, 0.717) is 29.6 Å². The van der Waals surface area contributed by atoms with Crippen LogP contribution in [0.2, 0.25) is 0 Å². The molecule has 1 saturated heterocycles. The molecule has 1 aliphatic rings. The maximum Gasteiger partial charge on any atom is 0.251 e. The molecule has 0 saturated carbocycles. The molecule has 1 atom stereocenters. The summed E-state index contributed by atoms with van der Waals surface area (Å²) >= 11 is 0. The molecule has 0 aliphatic carbocycles. The second kappa shape index (κ2) is 7.95. The molecule has 2 rings (SSSR count). The minimum atomic E-state index is -0.0974. The Morgan fingerprint density at radius 1 is 1.32 bits per heavy atom. The van der Waals surface area contributed by atoms with Gasteiger partial charge < -0.3 is 5.32 Å². The highest BCUT2D eigenvalue weighted by atomic mass is 16.1. The van der Waals surface area contributed by atoms with Crippen LogP contribution in [0.5, 0.6) is 0 Å². The number of carbonyl (C=O) groups is 1. The zero-order valence-electron chi connectivity index (χ0n) is 13.5. The smallest absolute Gasteiger partial charge is 0.251 e. The Hall–Kier alpha value is -1.86. The monoisotopic (exact) mass is 299 g/mol. The standard InChI is InChI=1S/C18H25N3O/c1-14(2)17(21-9-4-3-5-10-21)13-20-18(22)16-8-6-7-15(11-16)12-19/h6-8,11,14,17H,3-5,9-10,13H2,1-2H3,(H,20,22). The maximum absolute atomic E-state index is 12.3. The van der Waals surface area contributed by atoms with Crippen molar-refractivity contribution in [3.63, 3.8) is 0 Å². The van der Waals surface area contributed by atoms with Crippen LogP contribution in [0.4, 0.5) is 0 Å². The molecule has 0 spiro atoms. The van der Waals surface area contributed by atoms with E-state index in [4.69, 9.17) is 5.26 Å². The maximum atomic E-state index is 12.3. The molecular formula is C18H25N3O. The van der Waals surface area contributed by atoms with E-state index in [2.05, 4.69) is 30.1 Å². The van der Waals surface area contributed by atoms with Crippen molar-refractivity contribution in [1.29, 1.82) is 5.26 Å². The fraction of sp³-hybridized carbons (Fsp3) is 0.556. The first kappa shape index (κ1) is 16.5. The van der Waals surface area contributed by atoms with Gasteiger partial charge in [-0.2, -0.15) is 5.26 Å². The number of amides is 1. The highest BCUT2D eigenvalue weighted by molar-refractivity contribution is 5.94. The lowest BCUT2D eigenvalue weighted by molar-refractivity contribution is 0.0895. The molecule has 0 radical (unpaired) electrons. The lowest BCUT2D eigenvalue weighted by atomic mass is 9.99. The molecular weight excluding hydrogens is 274 g/mol. The zero-order chi connectivity index (χ0) is 15.9. The number of hydrogen-bond donors (Lipinski definition) is 1. The molecule has 1 aromatic carbocycles. The number of nitriles is 1. The minimum Gasteiger partial charge on any atom is -0.350 e. The number of hydrogen-bond acceptors (Lipinski definition) is 3. The Morgan fingerprint density at radius 3 is 2.68 bits per heavy atom. The fourth-order valence-corrected chi connectivity index (χ4v) is 3.07. The van der Waals surface area contributed by atoms with Crippen molar-refractivity contribution in [2.24, 2.45) is 5.92 Å². The molecule has 1 aliphatic heterocycles. The van der Waals surface area contributed by atoms with Crippen LogP contribution in [-0.2, 0) is 0 Å². The van der Waals surface area contributed by atoms with Gasteiger partial charge >= 0.3 is 0 Å². The molecule has 118 valence electrons.